The fourth-order valence-electron chi connectivity index (χ4n) is 1.15. The van der Waals surface area contributed by atoms with Crippen LogP contribution >= 0.6 is 0 Å². The maximum absolute atomic E-state index is 11.3. The number of carbonyl (C=O) groups excluding carboxylic acids is 1. The molecule has 0 spiro atoms. The molecule has 1 aromatic heterocycles. The Bertz CT molecular complexity index is 415. The van der Waals surface area contributed by atoms with Crippen molar-refractivity contribution >= 4 is 11.9 Å². The predicted molar refractivity (Wildman–Crippen MR) is 64.1 cm³/mol. The van der Waals surface area contributed by atoms with Gasteiger partial charge in [0.2, 0.25) is 5.91 Å². The average molecular weight is 252 g/mol. The number of hydrogen-bond donors (Lipinski definition) is 2. The van der Waals surface area contributed by atoms with E-state index in [0.29, 0.717) is 6.54 Å². The molecule has 0 aliphatic heterocycles. The van der Waals surface area contributed by atoms with Crippen molar-refractivity contribution in [3.8, 4) is 0 Å². The van der Waals surface area contributed by atoms with E-state index in [1.54, 1.807) is 6.07 Å². The van der Waals surface area contributed by atoms with Gasteiger partial charge in [-0.05, 0) is 25.5 Å². The third kappa shape index (κ3) is 4.92. The normalized spacial score (nSPS) is 10.4. The van der Waals surface area contributed by atoms with E-state index in [1.807, 2.05) is 13.8 Å². The van der Waals surface area contributed by atoms with Gasteiger partial charge in [0.1, 0.15) is 12.3 Å². The molecule has 1 amide bonds. The van der Waals surface area contributed by atoms with Gasteiger partial charge < -0.3 is 15.2 Å². The van der Waals surface area contributed by atoms with Crippen LogP contribution in [-0.4, -0.2) is 34.7 Å². The molecule has 0 atom stereocenters. The van der Waals surface area contributed by atoms with Gasteiger partial charge in [-0.15, -0.1) is 0 Å². The number of aromatic carboxylic acids is 1. The molecule has 0 aromatic carbocycles. The molecule has 1 aromatic rings. The summed E-state index contributed by atoms with van der Waals surface area (Å²) >= 11 is 0. The Morgan fingerprint density at radius 3 is 2.67 bits per heavy atom. The van der Waals surface area contributed by atoms with Crippen LogP contribution in [0.1, 0.15) is 29.9 Å². The number of nitrogens with zero attached hydrogens (tertiary/aromatic N) is 1. The van der Waals surface area contributed by atoms with Gasteiger partial charge in [0, 0.05) is 12.7 Å². The van der Waals surface area contributed by atoms with Crippen molar-refractivity contribution in [3.05, 3.63) is 29.6 Å². The van der Waals surface area contributed by atoms with Crippen molar-refractivity contribution in [1.82, 2.24) is 10.3 Å². The zero-order valence-corrected chi connectivity index (χ0v) is 10.3. The Kier molecular flexibility index (Phi) is 5.26. The van der Waals surface area contributed by atoms with Crippen molar-refractivity contribution in [2.24, 2.45) is 0 Å². The van der Waals surface area contributed by atoms with E-state index in [2.05, 4.69) is 10.3 Å². The molecule has 98 valence electrons. The van der Waals surface area contributed by atoms with Gasteiger partial charge in [0.15, 0.2) is 0 Å². The molecule has 6 heteroatoms. The van der Waals surface area contributed by atoms with Crippen LogP contribution in [0.15, 0.2) is 18.3 Å². The van der Waals surface area contributed by atoms with Gasteiger partial charge in [-0.1, -0.05) is 6.07 Å². The summed E-state index contributed by atoms with van der Waals surface area (Å²) in [6.45, 7) is 4.01. The van der Waals surface area contributed by atoms with E-state index in [-0.39, 0.29) is 24.3 Å². The Labute approximate surface area is 105 Å². The highest BCUT2D eigenvalue weighted by Gasteiger charge is 2.05. The highest BCUT2D eigenvalue weighted by Crippen LogP contribution is 2.00. The number of ether oxygens (including phenoxy) is 1. The number of aromatic nitrogens is 1. The largest absolute Gasteiger partial charge is 0.477 e. The van der Waals surface area contributed by atoms with Crippen molar-refractivity contribution in [1.29, 1.82) is 0 Å². The summed E-state index contributed by atoms with van der Waals surface area (Å²) in [5.74, 6) is -1.29. The lowest BCUT2D eigenvalue weighted by Gasteiger charge is -2.08. The minimum absolute atomic E-state index is 0.00673. The van der Waals surface area contributed by atoms with Crippen LogP contribution in [0.3, 0.4) is 0 Å². The fraction of sp³-hybridized carbons (Fsp3) is 0.417. The Hall–Kier alpha value is -1.95. The molecule has 1 heterocycles. The number of carbonyl (C=O) groups is 2. The Morgan fingerprint density at radius 2 is 2.17 bits per heavy atom. The number of carboxylic acids is 1. The Balaban J connectivity index is 2.39. The summed E-state index contributed by atoms with van der Waals surface area (Å²) in [5, 5.41) is 11.3. The molecule has 18 heavy (non-hydrogen) atoms. The molecular weight excluding hydrogens is 236 g/mol. The first-order chi connectivity index (χ1) is 8.49. The molecule has 0 fully saturated rings. The molecule has 0 saturated carbocycles. The zero-order valence-electron chi connectivity index (χ0n) is 10.3. The smallest absolute Gasteiger partial charge is 0.354 e. The maximum atomic E-state index is 11.3. The summed E-state index contributed by atoms with van der Waals surface area (Å²) in [7, 11) is 0. The van der Waals surface area contributed by atoms with Crippen molar-refractivity contribution < 1.29 is 19.4 Å². The lowest BCUT2D eigenvalue weighted by atomic mass is 10.2. The number of rotatable bonds is 6. The summed E-state index contributed by atoms with van der Waals surface area (Å²) in [6, 6.07) is 3.01. The highest BCUT2D eigenvalue weighted by atomic mass is 16.5. The molecular formula is C12H16N2O4. The van der Waals surface area contributed by atoms with Gasteiger partial charge in [0.05, 0.1) is 6.10 Å². The molecule has 0 bridgehead atoms. The van der Waals surface area contributed by atoms with Crippen molar-refractivity contribution in [2.45, 2.75) is 26.5 Å². The van der Waals surface area contributed by atoms with Gasteiger partial charge in [0.25, 0.3) is 0 Å². The number of hydrogen-bond acceptors (Lipinski definition) is 4. The second-order valence-electron chi connectivity index (χ2n) is 3.99. The summed E-state index contributed by atoms with van der Waals surface area (Å²) in [6.07, 6.45) is 1.43. The molecule has 0 radical (unpaired) electrons. The SMILES string of the molecule is CC(C)OCC(=O)NCc1ccc(C(=O)O)nc1. The van der Waals surface area contributed by atoms with E-state index >= 15 is 0 Å². The van der Waals surface area contributed by atoms with E-state index in [4.69, 9.17) is 9.84 Å². The minimum atomic E-state index is -1.07. The standard InChI is InChI=1S/C12H16N2O4/c1-8(2)18-7-11(15)14-6-9-3-4-10(12(16)17)13-5-9/h3-5,8H,6-7H2,1-2H3,(H,14,15)(H,16,17). The molecule has 0 unspecified atom stereocenters. The second-order valence-corrected chi connectivity index (χ2v) is 3.99. The van der Waals surface area contributed by atoms with Crippen LogP contribution in [0, 0.1) is 0 Å². The molecule has 1 rings (SSSR count). The van der Waals surface area contributed by atoms with Gasteiger partial charge in [-0.25, -0.2) is 9.78 Å². The monoisotopic (exact) mass is 252 g/mol. The summed E-state index contributed by atoms with van der Waals surface area (Å²) < 4.78 is 5.14. The average Bonchev–Trinajstić information content (AvgIpc) is 2.34. The maximum Gasteiger partial charge on any atom is 0.354 e. The van der Waals surface area contributed by atoms with Crippen LogP contribution in [0.2, 0.25) is 0 Å². The molecule has 6 nitrogen and oxygen atoms in total. The van der Waals surface area contributed by atoms with Crippen LogP contribution in [0.25, 0.3) is 0 Å². The first kappa shape index (κ1) is 14.1. The van der Waals surface area contributed by atoms with E-state index in [1.165, 1.54) is 12.3 Å². The molecule has 2 N–H and O–H groups in total. The van der Waals surface area contributed by atoms with Crippen LogP contribution in [-0.2, 0) is 16.1 Å². The number of pyridine rings is 1. The molecule has 0 aliphatic rings. The van der Waals surface area contributed by atoms with E-state index in [9.17, 15) is 9.59 Å². The van der Waals surface area contributed by atoms with Crippen LogP contribution in [0.4, 0.5) is 0 Å². The zero-order chi connectivity index (χ0) is 13.5. The second kappa shape index (κ2) is 6.70. The third-order valence-corrected chi connectivity index (χ3v) is 2.08. The first-order valence-electron chi connectivity index (χ1n) is 5.55. The number of nitrogens with one attached hydrogen (secondary N) is 1. The van der Waals surface area contributed by atoms with E-state index in [0.717, 1.165) is 5.56 Å². The van der Waals surface area contributed by atoms with Crippen molar-refractivity contribution in [3.63, 3.8) is 0 Å². The van der Waals surface area contributed by atoms with Crippen LogP contribution < -0.4 is 5.32 Å². The summed E-state index contributed by atoms with van der Waals surface area (Å²) in [4.78, 5) is 25.7. The lowest BCUT2D eigenvalue weighted by Crippen LogP contribution is -2.28. The number of carboxylic acid groups (broad SMARTS) is 1. The predicted octanol–water partition coefficient (Wildman–Crippen LogP) is 0.821. The first-order valence-corrected chi connectivity index (χ1v) is 5.55. The van der Waals surface area contributed by atoms with Gasteiger partial charge >= 0.3 is 5.97 Å². The van der Waals surface area contributed by atoms with Crippen molar-refractivity contribution in [2.75, 3.05) is 6.61 Å². The highest BCUT2D eigenvalue weighted by molar-refractivity contribution is 5.85. The minimum Gasteiger partial charge on any atom is -0.477 e. The van der Waals surface area contributed by atoms with E-state index < -0.39 is 5.97 Å². The van der Waals surface area contributed by atoms with Gasteiger partial charge in [-0.2, -0.15) is 0 Å². The third-order valence-electron chi connectivity index (χ3n) is 2.08. The summed E-state index contributed by atoms with van der Waals surface area (Å²) in [5.41, 5.74) is 0.714. The quantitative estimate of drug-likeness (QED) is 0.782. The van der Waals surface area contributed by atoms with Crippen LogP contribution in [0.5, 0.6) is 0 Å². The fourth-order valence-corrected chi connectivity index (χ4v) is 1.15. The molecule has 0 aliphatic carbocycles. The van der Waals surface area contributed by atoms with Gasteiger partial charge in [-0.3, -0.25) is 4.79 Å². The number of amides is 1. The topological polar surface area (TPSA) is 88.5 Å². The lowest BCUT2D eigenvalue weighted by molar-refractivity contribution is -0.127. The molecule has 0 saturated heterocycles. The Morgan fingerprint density at radius 1 is 1.44 bits per heavy atom.